The highest BCUT2D eigenvalue weighted by atomic mass is 31.2. The van der Waals surface area contributed by atoms with Crippen molar-refractivity contribution < 1.29 is 28.3 Å². The zero-order valence-corrected chi connectivity index (χ0v) is 15.1. The first-order chi connectivity index (χ1) is 11.8. The van der Waals surface area contributed by atoms with Gasteiger partial charge < -0.3 is 24.2 Å². The topological polar surface area (TPSA) is 88.5 Å². The normalized spacial score (nSPS) is 31.0. The molecule has 0 radical (unpaired) electrons. The third-order valence-electron chi connectivity index (χ3n) is 5.40. The number of hydrogen-bond donors (Lipinski definition) is 2. The second kappa shape index (κ2) is 5.83. The largest absolute Gasteiger partial charge is 0.493 e. The molecule has 136 valence electrons. The van der Waals surface area contributed by atoms with Gasteiger partial charge in [-0.15, -0.1) is 0 Å². The van der Waals surface area contributed by atoms with E-state index in [0.717, 1.165) is 30.8 Å². The average Bonchev–Trinajstić information content (AvgIpc) is 2.79. The zero-order valence-electron chi connectivity index (χ0n) is 14.2. The molecule has 8 heteroatoms. The van der Waals surface area contributed by atoms with E-state index >= 15 is 0 Å². The van der Waals surface area contributed by atoms with Crippen LogP contribution in [0.25, 0.3) is 0 Å². The SMILES string of the molecule is COc1ccc2c3c1O[C@H]1C[C@@H](OP(=O)(O)O)C=CC31CCN(C)C2. The lowest BCUT2D eigenvalue weighted by molar-refractivity contribution is 0.0753. The molecule has 1 aromatic rings. The molecule has 1 spiro atoms. The second-order valence-electron chi connectivity index (χ2n) is 6.99. The van der Waals surface area contributed by atoms with Crippen LogP contribution >= 0.6 is 7.82 Å². The van der Waals surface area contributed by atoms with Gasteiger partial charge in [0.2, 0.25) is 0 Å². The molecule has 2 N–H and O–H groups in total. The number of rotatable bonds is 3. The molecule has 0 bridgehead atoms. The summed E-state index contributed by atoms with van der Waals surface area (Å²) in [6.45, 7) is 1.74. The Balaban J connectivity index is 1.80. The minimum atomic E-state index is -4.54. The van der Waals surface area contributed by atoms with Gasteiger partial charge >= 0.3 is 7.82 Å². The van der Waals surface area contributed by atoms with Gasteiger partial charge in [-0.2, -0.15) is 0 Å². The van der Waals surface area contributed by atoms with Crippen LogP contribution in [0.3, 0.4) is 0 Å². The zero-order chi connectivity index (χ0) is 17.8. The van der Waals surface area contributed by atoms with E-state index in [1.54, 1.807) is 13.2 Å². The molecule has 0 fully saturated rings. The predicted molar refractivity (Wildman–Crippen MR) is 90.7 cm³/mol. The Morgan fingerprint density at radius 3 is 2.92 bits per heavy atom. The van der Waals surface area contributed by atoms with Crippen molar-refractivity contribution in [2.75, 3.05) is 20.7 Å². The fraction of sp³-hybridized carbons (Fsp3) is 0.529. The maximum Gasteiger partial charge on any atom is 0.470 e. The quantitative estimate of drug-likeness (QED) is 0.624. The van der Waals surface area contributed by atoms with Crippen molar-refractivity contribution in [2.24, 2.45) is 0 Å². The monoisotopic (exact) mass is 367 g/mol. The molecule has 1 aromatic carbocycles. The molecule has 4 rings (SSSR count). The summed E-state index contributed by atoms with van der Waals surface area (Å²) in [5.74, 6) is 1.44. The number of nitrogens with zero attached hydrogens (tertiary/aromatic N) is 1. The fourth-order valence-corrected chi connectivity index (χ4v) is 4.83. The standard InChI is InChI=1S/C17H22NO6P/c1-18-8-7-17-6-5-12(24-25(19,20)21)9-14(17)23-16-13(22-2)4-3-11(10-18)15(16)17/h3-6,12,14H,7-10H2,1-2H3,(H2,19,20,21)/t12-,14-,17?/m0/s1. The maximum atomic E-state index is 11.2. The lowest BCUT2D eigenvalue weighted by atomic mass is 9.69. The summed E-state index contributed by atoms with van der Waals surface area (Å²) in [7, 11) is -0.830. The van der Waals surface area contributed by atoms with Gasteiger partial charge in [-0.1, -0.05) is 18.2 Å². The number of hydrogen-bond acceptors (Lipinski definition) is 5. The second-order valence-corrected chi connectivity index (χ2v) is 8.19. The summed E-state index contributed by atoms with van der Waals surface area (Å²) in [5.41, 5.74) is 2.04. The van der Waals surface area contributed by atoms with Crippen LogP contribution in [0.4, 0.5) is 0 Å². The predicted octanol–water partition coefficient (Wildman–Crippen LogP) is 1.97. The van der Waals surface area contributed by atoms with Crippen molar-refractivity contribution >= 4 is 7.82 Å². The van der Waals surface area contributed by atoms with Gasteiger partial charge in [0.1, 0.15) is 6.10 Å². The van der Waals surface area contributed by atoms with Crippen LogP contribution in [0.1, 0.15) is 24.0 Å². The third kappa shape index (κ3) is 2.80. The average molecular weight is 367 g/mol. The summed E-state index contributed by atoms with van der Waals surface area (Å²) in [6.07, 6.45) is 4.16. The van der Waals surface area contributed by atoms with Crippen molar-refractivity contribution in [3.63, 3.8) is 0 Å². The van der Waals surface area contributed by atoms with E-state index < -0.39 is 13.9 Å². The van der Waals surface area contributed by atoms with Crippen molar-refractivity contribution in [3.8, 4) is 11.5 Å². The first kappa shape index (κ1) is 17.1. The summed E-state index contributed by atoms with van der Waals surface area (Å²) < 4.78 is 27.8. The molecule has 25 heavy (non-hydrogen) atoms. The Labute approximate surface area is 146 Å². The molecule has 0 saturated heterocycles. The number of ether oxygens (including phenoxy) is 2. The van der Waals surface area contributed by atoms with Gasteiger partial charge in [-0.05, 0) is 31.6 Å². The van der Waals surface area contributed by atoms with Crippen LogP contribution in [0.15, 0.2) is 24.3 Å². The Hall–Kier alpha value is -1.37. The highest BCUT2D eigenvalue weighted by Gasteiger charge is 2.53. The van der Waals surface area contributed by atoms with Gasteiger partial charge in [-0.3, -0.25) is 4.52 Å². The van der Waals surface area contributed by atoms with E-state index in [1.807, 2.05) is 12.1 Å². The molecule has 1 unspecified atom stereocenters. The first-order valence-electron chi connectivity index (χ1n) is 8.31. The molecule has 0 aromatic heterocycles. The molecule has 1 aliphatic carbocycles. The molecule has 7 nitrogen and oxygen atoms in total. The van der Waals surface area contributed by atoms with E-state index in [9.17, 15) is 4.57 Å². The molecule has 2 heterocycles. The van der Waals surface area contributed by atoms with Gasteiger partial charge in [0.15, 0.2) is 11.5 Å². The van der Waals surface area contributed by atoms with E-state index in [-0.39, 0.29) is 11.5 Å². The number of methoxy groups -OCH3 is 1. The minimum absolute atomic E-state index is 0.231. The van der Waals surface area contributed by atoms with Crippen LogP contribution < -0.4 is 9.47 Å². The molecule has 3 aliphatic rings. The number of phosphoric acid groups is 1. The lowest BCUT2D eigenvalue weighted by Crippen LogP contribution is -2.43. The lowest BCUT2D eigenvalue weighted by Gasteiger charge is -2.36. The summed E-state index contributed by atoms with van der Waals surface area (Å²) in [6, 6.07) is 4.00. The Bertz CT molecular complexity index is 775. The van der Waals surface area contributed by atoms with Crippen LogP contribution in [0.5, 0.6) is 11.5 Å². The summed E-state index contributed by atoms with van der Waals surface area (Å²) >= 11 is 0. The van der Waals surface area contributed by atoms with Crippen LogP contribution in [0, 0.1) is 0 Å². The molecular formula is C17H22NO6P. The van der Waals surface area contributed by atoms with Gasteiger partial charge in [0, 0.05) is 18.5 Å². The van der Waals surface area contributed by atoms with Gasteiger partial charge in [0.05, 0.1) is 18.6 Å². The van der Waals surface area contributed by atoms with Gasteiger partial charge in [0.25, 0.3) is 0 Å². The Morgan fingerprint density at radius 1 is 1.40 bits per heavy atom. The van der Waals surface area contributed by atoms with Crippen LogP contribution in [-0.4, -0.2) is 47.6 Å². The third-order valence-corrected chi connectivity index (χ3v) is 5.95. The highest BCUT2D eigenvalue weighted by molar-refractivity contribution is 7.46. The fourth-order valence-electron chi connectivity index (χ4n) is 4.32. The van der Waals surface area contributed by atoms with E-state index in [1.165, 1.54) is 5.56 Å². The summed E-state index contributed by atoms with van der Waals surface area (Å²) in [5, 5.41) is 0. The first-order valence-corrected chi connectivity index (χ1v) is 9.84. The highest BCUT2D eigenvalue weighted by Crippen LogP contribution is 2.56. The van der Waals surface area contributed by atoms with Crippen LogP contribution in [-0.2, 0) is 21.0 Å². The number of benzene rings is 1. The van der Waals surface area contributed by atoms with Crippen molar-refractivity contribution in [3.05, 3.63) is 35.4 Å². The Morgan fingerprint density at radius 2 is 2.20 bits per heavy atom. The Kier molecular flexibility index (Phi) is 3.98. The van der Waals surface area contributed by atoms with Crippen LogP contribution in [0.2, 0.25) is 0 Å². The minimum Gasteiger partial charge on any atom is -0.493 e. The van der Waals surface area contributed by atoms with Crippen molar-refractivity contribution in [2.45, 2.75) is 37.0 Å². The number of phosphoric ester groups is 1. The maximum absolute atomic E-state index is 11.2. The molecule has 3 atom stereocenters. The van der Waals surface area contributed by atoms with E-state index in [0.29, 0.717) is 12.2 Å². The molecule has 0 amide bonds. The molecule has 2 aliphatic heterocycles. The summed E-state index contributed by atoms with van der Waals surface area (Å²) in [4.78, 5) is 20.5. The molecule has 0 saturated carbocycles. The van der Waals surface area contributed by atoms with Crippen molar-refractivity contribution in [1.82, 2.24) is 4.90 Å². The van der Waals surface area contributed by atoms with Crippen molar-refractivity contribution in [1.29, 1.82) is 0 Å². The van der Waals surface area contributed by atoms with E-state index in [4.69, 9.17) is 23.8 Å². The van der Waals surface area contributed by atoms with E-state index in [2.05, 4.69) is 18.0 Å². The molecular weight excluding hydrogens is 345 g/mol. The van der Waals surface area contributed by atoms with Gasteiger partial charge in [-0.25, -0.2) is 4.57 Å². The smallest absolute Gasteiger partial charge is 0.470 e.